The van der Waals surface area contributed by atoms with Gasteiger partial charge in [0.25, 0.3) is 5.91 Å². The zero-order valence-corrected chi connectivity index (χ0v) is 18.8. The molecule has 4 N–H and O–H groups in total. The van der Waals surface area contributed by atoms with Crippen molar-refractivity contribution in [3.63, 3.8) is 0 Å². The average Bonchev–Trinajstić information content (AvgIpc) is 2.73. The van der Waals surface area contributed by atoms with Gasteiger partial charge in [-0.05, 0) is 36.1 Å². The van der Waals surface area contributed by atoms with Crippen LogP contribution in [-0.4, -0.2) is 41.0 Å². The molecule has 166 valence electrons. The number of hydrogen-bond donors (Lipinski definition) is 3. The minimum absolute atomic E-state index is 0.0874. The fourth-order valence-electron chi connectivity index (χ4n) is 4.37. The molecular weight excluding hydrogens is 390 g/mol. The number of amides is 2. The largest absolute Gasteiger partial charge is 0.399 e. The van der Waals surface area contributed by atoms with Crippen LogP contribution in [0.3, 0.4) is 0 Å². The molecule has 6 nitrogen and oxygen atoms in total. The highest BCUT2D eigenvalue weighted by atomic mass is 16.3. The maximum atomic E-state index is 13.4. The molecular formula is C25H33N3O3. The van der Waals surface area contributed by atoms with Crippen molar-refractivity contribution >= 4 is 17.5 Å². The third-order valence-corrected chi connectivity index (χ3v) is 6.38. The van der Waals surface area contributed by atoms with Gasteiger partial charge in [-0.1, -0.05) is 64.1 Å². The normalized spacial score (nSPS) is 21.5. The van der Waals surface area contributed by atoms with Crippen LogP contribution in [0.4, 0.5) is 5.69 Å². The molecule has 1 heterocycles. The second-order valence-corrected chi connectivity index (χ2v) is 9.44. The molecule has 0 aliphatic carbocycles. The van der Waals surface area contributed by atoms with E-state index in [0.717, 1.165) is 5.56 Å². The van der Waals surface area contributed by atoms with Crippen molar-refractivity contribution in [3.05, 3.63) is 65.7 Å². The molecule has 2 aromatic rings. The van der Waals surface area contributed by atoms with Crippen LogP contribution in [0, 0.1) is 11.3 Å². The number of nitrogens with two attached hydrogens (primary N) is 1. The smallest absolute Gasteiger partial charge is 0.252 e. The van der Waals surface area contributed by atoms with Crippen LogP contribution in [0.25, 0.3) is 0 Å². The van der Waals surface area contributed by atoms with E-state index in [9.17, 15) is 14.7 Å². The summed E-state index contributed by atoms with van der Waals surface area (Å²) < 4.78 is 0. The number of aliphatic hydroxyl groups is 1. The van der Waals surface area contributed by atoms with Crippen molar-refractivity contribution in [1.82, 2.24) is 10.2 Å². The molecule has 0 bridgehead atoms. The van der Waals surface area contributed by atoms with Crippen LogP contribution in [0.2, 0.25) is 0 Å². The number of rotatable bonds is 5. The van der Waals surface area contributed by atoms with E-state index in [0.29, 0.717) is 30.8 Å². The molecule has 1 saturated heterocycles. The Morgan fingerprint density at radius 1 is 1.10 bits per heavy atom. The standard InChI is InChI=1S/C25H33N3O3/c1-17(2)21(27-22(29)18-9-8-12-20(26)15-18)23(30)28-14-13-25(31,24(3,4)16-28)19-10-6-5-7-11-19/h5-12,15,17,21,31H,13-14,16,26H2,1-4H3,(H,27,29)/t21-,25+/m1/s1. The van der Waals surface area contributed by atoms with Crippen LogP contribution in [-0.2, 0) is 10.4 Å². The predicted molar refractivity (Wildman–Crippen MR) is 122 cm³/mol. The maximum absolute atomic E-state index is 13.4. The third kappa shape index (κ3) is 4.59. The summed E-state index contributed by atoms with van der Waals surface area (Å²) in [6.07, 6.45) is 0.434. The summed E-state index contributed by atoms with van der Waals surface area (Å²) in [5, 5.41) is 14.4. The van der Waals surface area contributed by atoms with Gasteiger partial charge in [0, 0.05) is 29.8 Å². The van der Waals surface area contributed by atoms with Gasteiger partial charge >= 0.3 is 0 Å². The Hall–Kier alpha value is -2.86. The Kier molecular flexibility index (Phi) is 6.41. The fraction of sp³-hybridized carbons (Fsp3) is 0.440. The van der Waals surface area contributed by atoms with Crippen LogP contribution < -0.4 is 11.1 Å². The molecule has 1 aliphatic heterocycles. The van der Waals surface area contributed by atoms with Crippen molar-refractivity contribution in [2.75, 3.05) is 18.8 Å². The van der Waals surface area contributed by atoms with Crippen molar-refractivity contribution < 1.29 is 14.7 Å². The monoisotopic (exact) mass is 423 g/mol. The number of nitrogens with one attached hydrogen (secondary N) is 1. The first kappa shape index (κ1) is 22.8. The molecule has 2 amide bonds. The van der Waals surface area contributed by atoms with E-state index >= 15 is 0 Å². The second-order valence-electron chi connectivity index (χ2n) is 9.44. The molecule has 0 spiro atoms. The highest BCUT2D eigenvalue weighted by Gasteiger charge is 2.50. The Bertz CT molecular complexity index is 942. The van der Waals surface area contributed by atoms with E-state index in [2.05, 4.69) is 5.32 Å². The molecule has 1 aliphatic rings. The molecule has 31 heavy (non-hydrogen) atoms. The van der Waals surface area contributed by atoms with Crippen molar-refractivity contribution in [2.24, 2.45) is 11.3 Å². The van der Waals surface area contributed by atoms with E-state index in [-0.39, 0.29) is 17.7 Å². The van der Waals surface area contributed by atoms with Gasteiger partial charge < -0.3 is 21.1 Å². The molecule has 0 radical (unpaired) electrons. The number of benzene rings is 2. The molecule has 0 unspecified atom stereocenters. The summed E-state index contributed by atoms with van der Waals surface area (Å²) in [6.45, 7) is 8.61. The van der Waals surface area contributed by atoms with Gasteiger partial charge in [0.05, 0.1) is 5.60 Å². The number of piperidine rings is 1. The highest BCUT2D eigenvalue weighted by molar-refractivity contribution is 5.98. The number of hydrogen-bond acceptors (Lipinski definition) is 4. The summed E-state index contributed by atoms with van der Waals surface area (Å²) in [7, 11) is 0. The van der Waals surface area contributed by atoms with E-state index in [1.54, 1.807) is 29.2 Å². The number of anilines is 1. The molecule has 6 heteroatoms. The lowest BCUT2D eigenvalue weighted by molar-refractivity contribution is -0.155. The van der Waals surface area contributed by atoms with E-state index < -0.39 is 17.1 Å². The lowest BCUT2D eigenvalue weighted by Crippen LogP contribution is -2.60. The first-order chi connectivity index (χ1) is 14.5. The second kappa shape index (κ2) is 8.71. The van der Waals surface area contributed by atoms with Crippen LogP contribution in [0.5, 0.6) is 0 Å². The third-order valence-electron chi connectivity index (χ3n) is 6.38. The topological polar surface area (TPSA) is 95.7 Å². The van der Waals surface area contributed by atoms with Crippen molar-refractivity contribution in [3.8, 4) is 0 Å². The lowest BCUT2D eigenvalue weighted by atomic mass is 9.66. The summed E-state index contributed by atoms with van der Waals surface area (Å²) in [6, 6.07) is 15.7. The van der Waals surface area contributed by atoms with Crippen molar-refractivity contribution in [2.45, 2.75) is 45.8 Å². The Labute approximate surface area is 184 Å². The highest BCUT2D eigenvalue weighted by Crippen LogP contribution is 2.46. The average molecular weight is 424 g/mol. The minimum atomic E-state index is -1.02. The lowest BCUT2D eigenvalue weighted by Gasteiger charge is -2.51. The number of carbonyl (C=O) groups excluding carboxylic acids is 2. The number of nitrogen functional groups attached to an aromatic ring is 1. The zero-order valence-electron chi connectivity index (χ0n) is 18.8. The minimum Gasteiger partial charge on any atom is -0.399 e. The van der Waals surface area contributed by atoms with Gasteiger partial charge in [-0.2, -0.15) is 0 Å². The fourth-order valence-corrected chi connectivity index (χ4v) is 4.37. The summed E-state index contributed by atoms with van der Waals surface area (Å²) >= 11 is 0. The van der Waals surface area contributed by atoms with E-state index in [1.165, 1.54) is 0 Å². The molecule has 3 rings (SSSR count). The van der Waals surface area contributed by atoms with Gasteiger partial charge in [-0.15, -0.1) is 0 Å². The molecule has 0 aromatic heterocycles. The Morgan fingerprint density at radius 2 is 1.77 bits per heavy atom. The molecule has 1 fully saturated rings. The Balaban J connectivity index is 1.77. The molecule has 0 saturated carbocycles. The number of carbonyl (C=O) groups is 2. The number of nitrogens with zero attached hydrogens (tertiary/aromatic N) is 1. The Morgan fingerprint density at radius 3 is 2.35 bits per heavy atom. The van der Waals surface area contributed by atoms with E-state index in [4.69, 9.17) is 5.73 Å². The van der Waals surface area contributed by atoms with Gasteiger partial charge in [-0.25, -0.2) is 0 Å². The van der Waals surface area contributed by atoms with Gasteiger partial charge in [0.2, 0.25) is 5.91 Å². The van der Waals surface area contributed by atoms with Gasteiger partial charge in [0.15, 0.2) is 0 Å². The predicted octanol–water partition coefficient (Wildman–Crippen LogP) is 3.17. The van der Waals surface area contributed by atoms with Crippen molar-refractivity contribution in [1.29, 1.82) is 0 Å². The summed E-state index contributed by atoms with van der Waals surface area (Å²) in [5.74, 6) is -0.539. The van der Waals surface area contributed by atoms with E-state index in [1.807, 2.05) is 58.0 Å². The molecule has 2 aromatic carbocycles. The number of likely N-dealkylation sites (tertiary alicyclic amines) is 1. The first-order valence-corrected chi connectivity index (χ1v) is 10.8. The maximum Gasteiger partial charge on any atom is 0.252 e. The first-order valence-electron chi connectivity index (χ1n) is 10.8. The SMILES string of the molecule is CC(C)[C@@H](NC(=O)c1cccc(N)c1)C(=O)N1CC[C@](O)(c2ccccc2)C(C)(C)C1. The van der Waals surface area contributed by atoms with Crippen LogP contribution in [0.15, 0.2) is 54.6 Å². The zero-order chi connectivity index (χ0) is 22.8. The quantitative estimate of drug-likeness (QED) is 0.644. The summed E-state index contributed by atoms with van der Waals surface area (Å²) in [4.78, 5) is 27.9. The van der Waals surface area contributed by atoms with Crippen LogP contribution >= 0.6 is 0 Å². The van der Waals surface area contributed by atoms with Crippen LogP contribution in [0.1, 0.15) is 50.0 Å². The van der Waals surface area contributed by atoms with Gasteiger partial charge in [0.1, 0.15) is 6.04 Å². The molecule has 2 atom stereocenters. The summed E-state index contributed by atoms with van der Waals surface area (Å²) in [5.41, 5.74) is 6.00. The van der Waals surface area contributed by atoms with Gasteiger partial charge in [-0.3, -0.25) is 9.59 Å².